The van der Waals surface area contributed by atoms with Gasteiger partial charge in [0.05, 0.1) is 0 Å². The largest absolute Gasteiger partial charge is 0.481 e. The van der Waals surface area contributed by atoms with Crippen LogP contribution in [0.4, 0.5) is 0 Å². The van der Waals surface area contributed by atoms with Crippen molar-refractivity contribution in [3.05, 3.63) is 0 Å². The molecule has 0 saturated heterocycles. The summed E-state index contributed by atoms with van der Waals surface area (Å²) < 4.78 is 0. The molecule has 0 radical (unpaired) electrons. The standard InChI is InChI=1S/C12H24N2O3/c1-4-10(2)14(3)9-8-13-11(15)6-5-7-12(16)17/h10H,4-9H2,1-3H3,(H,13,15)(H,16,17). The van der Waals surface area contributed by atoms with Crippen LogP contribution >= 0.6 is 0 Å². The number of rotatable bonds is 9. The average Bonchev–Trinajstić information content (AvgIpc) is 2.27. The summed E-state index contributed by atoms with van der Waals surface area (Å²) in [4.78, 5) is 23.8. The first-order chi connectivity index (χ1) is 7.97. The van der Waals surface area contributed by atoms with E-state index in [0.29, 0.717) is 25.4 Å². The van der Waals surface area contributed by atoms with Crippen LogP contribution in [0.2, 0.25) is 0 Å². The van der Waals surface area contributed by atoms with Crippen LogP contribution in [-0.4, -0.2) is 48.1 Å². The van der Waals surface area contributed by atoms with Gasteiger partial charge in [0, 0.05) is 32.0 Å². The molecule has 0 aliphatic carbocycles. The summed E-state index contributed by atoms with van der Waals surface area (Å²) in [5.74, 6) is -0.918. The minimum Gasteiger partial charge on any atom is -0.481 e. The Hall–Kier alpha value is -1.10. The Bertz CT molecular complexity index is 244. The summed E-state index contributed by atoms with van der Waals surface area (Å²) in [5, 5.41) is 11.2. The molecule has 5 nitrogen and oxygen atoms in total. The summed E-state index contributed by atoms with van der Waals surface area (Å²) in [6.45, 7) is 5.72. The van der Waals surface area contributed by atoms with Crippen molar-refractivity contribution < 1.29 is 14.7 Å². The van der Waals surface area contributed by atoms with Crippen molar-refractivity contribution in [2.24, 2.45) is 0 Å². The van der Waals surface area contributed by atoms with Crippen LogP contribution < -0.4 is 5.32 Å². The number of carbonyl (C=O) groups is 2. The number of carboxylic acids is 1. The van der Waals surface area contributed by atoms with E-state index in [4.69, 9.17) is 5.11 Å². The van der Waals surface area contributed by atoms with E-state index in [0.717, 1.165) is 13.0 Å². The van der Waals surface area contributed by atoms with E-state index in [1.54, 1.807) is 0 Å². The predicted octanol–water partition coefficient (Wildman–Crippen LogP) is 1.09. The van der Waals surface area contributed by atoms with Gasteiger partial charge in [0.2, 0.25) is 5.91 Å². The molecule has 0 aromatic rings. The lowest BCUT2D eigenvalue weighted by Gasteiger charge is -2.23. The van der Waals surface area contributed by atoms with Gasteiger partial charge in [-0.15, -0.1) is 0 Å². The van der Waals surface area contributed by atoms with Crippen molar-refractivity contribution in [2.45, 2.75) is 45.6 Å². The fourth-order valence-electron chi connectivity index (χ4n) is 1.39. The van der Waals surface area contributed by atoms with E-state index in [9.17, 15) is 9.59 Å². The second kappa shape index (κ2) is 8.98. The Labute approximate surface area is 103 Å². The first-order valence-corrected chi connectivity index (χ1v) is 6.16. The number of likely N-dealkylation sites (N-methyl/N-ethyl adjacent to an activating group) is 1. The molecule has 0 aliphatic heterocycles. The molecule has 100 valence electrons. The minimum absolute atomic E-state index is 0.0557. The molecule has 0 bridgehead atoms. The lowest BCUT2D eigenvalue weighted by Crippen LogP contribution is -2.37. The number of nitrogens with zero attached hydrogens (tertiary/aromatic N) is 1. The molecule has 0 saturated carbocycles. The summed E-state index contributed by atoms with van der Waals surface area (Å²) in [5.41, 5.74) is 0. The highest BCUT2D eigenvalue weighted by atomic mass is 16.4. The second-order valence-corrected chi connectivity index (χ2v) is 4.34. The molecule has 0 rings (SSSR count). The summed E-state index contributed by atoms with van der Waals surface area (Å²) in [6, 6.07) is 0.513. The van der Waals surface area contributed by atoms with Gasteiger partial charge < -0.3 is 15.3 Å². The Morgan fingerprint density at radius 3 is 2.53 bits per heavy atom. The van der Waals surface area contributed by atoms with Crippen molar-refractivity contribution in [1.29, 1.82) is 0 Å². The van der Waals surface area contributed by atoms with Crippen molar-refractivity contribution in [1.82, 2.24) is 10.2 Å². The zero-order valence-electron chi connectivity index (χ0n) is 11.0. The Balaban J connectivity index is 3.54. The number of aliphatic carboxylic acids is 1. The van der Waals surface area contributed by atoms with E-state index in [-0.39, 0.29) is 12.3 Å². The zero-order valence-corrected chi connectivity index (χ0v) is 11.0. The first-order valence-electron chi connectivity index (χ1n) is 6.16. The second-order valence-electron chi connectivity index (χ2n) is 4.34. The van der Waals surface area contributed by atoms with Gasteiger partial charge in [0.15, 0.2) is 0 Å². The lowest BCUT2D eigenvalue weighted by molar-refractivity contribution is -0.137. The molecular weight excluding hydrogens is 220 g/mol. The minimum atomic E-state index is -0.852. The number of amides is 1. The molecule has 17 heavy (non-hydrogen) atoms. The van der Waals surface area contributed by atoms with E-state index < -0.39 is 5.97 Å². The summed E-state index contributed by atoms with van der Waals surface area (Å²) in [6.07, 6.45) is 1.84. The van der Waals surface area contributed by atoms with Gasteiger partial charge in [0.1, 0.15) is 0 Å². The quantitative estimate of drug-likeness (QED) is 0.637. The third-order valence-corrected chi connectivity index (χ3v) is 2.92. The molecule has 0 heterocycles. The van der Waals surface area contributed by atoms with Crippen LogP contribution in [0.15, 0.2) is 0 Å². The molecule has 1 atom stereocenters. The van der Waals surface area contributed by atoms with Gasteiger partial charge in [-0.25, -0.2) is 0 Å². The maximum atomic E-state index is 11.3. The number of carboxylic acid groups (broad SMARTS) is 1. The molecule has 1 unspecified atom stereocenters. The highest BCUT2D eigenvalue weighted by molar-refractivity contribution is 5.76. The smallest absolute Gasteiger partial charge is 0.303 e. The summed E-state index contributed by atoms with van der Waals surface area (Å²) >= 11 is 0. The number of hydrogen-bond donors (Lipinski definition) is 2. The Kier molecular flexibility index (Phi) is 8.40. The van der Waals surface area contributed by atoms with Gasteiger partial charge >= 0.3 is 5.97 Å². The van der Waals surface area contributed by atoms with Crippen LogP contribution in [0.5, 0.6) is 0 Å². The maximum Gasteiger partial charge on any atom is 0.303 e. The van der Waals surface area contributed by atoms with Crippen LogP contribution in [0.1, 0.15) is 39.5 Å². The SMILES string of the molecule is CCC(C)N(C)CCNC(=O)CCCC(=O)O. The molecule has 2 N–H and O–H groups in total. The van der Waals surface area contributed by atoms with Crippen LogP contribution in [0.25, 0.3) is 0 Å². The van der Waals surface area contributed by atoms with Gasteiger partial charge in [-0.2, -0.15) is 0 Å². The fourth-order valence-corrected chi connectivity index (χ4v) is 1.39. The van der Waals surface area contributed by atoms with Crippen LogP contribution in [0, 0.1) is 0 Å². The van der Waals surface area contributed by atoms with Gasteiger partial charge in [0.25, 0.3) is 0 Å². The number of nitrogens with one attached hydrogen (secondary N) is 1. The number of carbonyl (C=O) groups excluding carboxylic acids is 1. The number of hydrogen-bond acceptors (Lipinski definition) is 3. The third-order valence-electron chi connectivity index (χ3n) is 2.92. The molecular formula is C12H24N2O3. The van der Waals surface area contributed by atoms with E-state index in [1.807, 2.05) is 7.05 Å². The highest BCUT2D eigenvalue weighted by Crippen LogP contribution is 1.98. The molecule has 1 amide bonds. The topological polar surface area (TPSA) is 69.6 Å². The van der Waals surface area contributed by atoms with Crippen molar-refractivity contribution in [2.75, 3.05) is 20.1 Å². The Morgan fingerprint density at radius 2 is 2.00 bits per heavy atom. The van der Waals surface area contributed by atoms with E-state index in [1.165, 1.54) is 0 Å². The van der Waals surface area contributed by atoms with Gasteiger partial charge in [-0.3, -0.25) is 9.59 Å². The highest BCUT2D eigenvalue weighted by Gasteiger charge is 2.07. The molecule has 5 heteroatoms. The van der Waals surface area contributed by atoms with Crippen LogP contribution in [0.3, 0.4) is 0 Å². The van der Waals surface area contributed by atoms with Gasteiger partial charge in [-0.05, 0) is 26.8 Å². The monoisotopic (exact) mass is 244 g/mol. The summed E-state index contributed by atoms with van der Waals surface area (Å²) in [7, 11) is 2.03. The first kappa shape index (κ1) is 15.9. The molecule has 0 fully saturated rings. The Morgan fingerprint density at radius 1 is 1.35 bits per heavy atom. The molecule has 0 aromatic heterocycles. The normalized spacial score (nSPS) is 12.5. The van der Waals surface area contributed by atoms with Crippen molar-refractivity contribution >= 4 is 11.9 Å². The zero-order chi connectivity index (χ0) is 13.3. The van der Waals surface area contributed by atoms with Crippen molar-refractivity contribution in [3.8, 4) is 0 Å². The third kappa shape index (κ3) is 8.68. The molecule has 0 spiro atoms. The molecule has 0 aromatic carbocycles. The maximum absolute atomic E-state index is 11.3. The molecule has 0 aliphatic rings. The van der Waals surface area contributed by atoms with E-state index >= 15 is 0 Å². The lowest BCUT2D eigenvalue weighted by atomic mass is 10.2. The predicted molar refractivity (Wildman–Crippen MR) is 66.9 cm³/mol. The van der Waals surface area contributed by atoms with Gasteiger partial charge in [-0.1, -0.05) is 6.92 Å². The van der Waals surface area contributed by atoms with Crippen LogP contribution in [-0.2, 0) is 9.59 Å². The van der Waals surface area contributed by atoms with E-state index in [2.05, 4.69) is 24.1 Å². The average molecular weight is 244 g/mol. The fraction of sp³-hybridized carbons (Fsp3) is 0.833. The van der Waals surface area contributed by atoms with Crippen molar-refractivity contribution in [3.63, 3.8) is 0 Å².